The van der Waals surface area contributed by atoms with Gasteiger partial charge in [0.15, 0.2) is 6.39 Å². The number of ether oxygens (including phenoxy) is 1. The second-order valence-corrected chi connectivity index (χ2v) is 7.06. The van der Waals surface area contributed by atoms with E-state index in [9.17, 15) is 0 Å². The van der Waals surface area contributed by atoms with E-state index in [1.54, 1.807) is 18.8 Å². The molecule has 0 N–H and O–H groups in total. The first-order valence-electron chi connectivity index (χ1n) is 8.50. The van der Waals surface area contributed by atoms with Crippen molar-refractivity contribution in [1.29, 1.82) is 0 Å². The fourth-order valence-corrected chi connectivity index (χ4v) is 3.25. The molecule has 2 aromatic rings. The standard InChI is InChI=1S/C18H24ClN3O2/c1-13(2)18-16(21-12-24-18)10-22-7-4-14(5-8-22)11-23-17-3-6-20-9-15(17)19/h3,6,9,12-14H,4-5,7-8,10-11H2,1-2H3. The molecule has 0 radical (unpaired) electrons. The number of oxazole rings is 1. The lowest BCUT2D eigenvalue weighted by Gasteiger charge is -2.31. The Bertz CT molecular complexity index is 651. The fourth-order valence-electron chi connectivity index (χ4n) is 3.08. The number of rotatable bonds is 6. The summed E-state index contributed by atoms with van der Waals surface area (Å²) in [5.74, 6) is 2.66. The molecule has 1 aliphatic heterocycles. The van der Waals surface area contributed by atoms with Gasteiger partial charge in [0.05, 0.1) is 12.3 Å². The zero-order valence-electron chi connectivity index (χ0n) is 14.2. The average Bonchev–Trinajstić information content (AvgIpc) is 3.04. The first-order chi connectivity index (χ1) is 11.6. The van der Waals surface area contributed by atoms with Gasteiger partial charge in [-0.1, -0.05) is 25.4 Å². The predicted molar refractivity (Wildman–Crippen MR) is 93.3 cm³/mol. The third kappa shape index (κ3) is 4.28. The van der Waals surface area contributed by atoms with Crippen LogP contribution in [0.15, 0.2) is 29.3 Å². The van der Waals surface area contributed by atoms with E-state index in [-0.39, 0.29) is 0 Å². The Balaban J connectivity index is 1.46. The van der Waals surface area contributed by atoms with E-state index in [1.807, 2.05) is 6.07 Å². The van der Waals surface area contributed by atoms with Gasteiger partial charge in [0.25, 0.3) is 0 Å². The normalized spacial score (nSPS) is 16.7. The average molecular weight is 350 g/mol. The summed E-state index contributed by atoms with van der Waals surface area (Å²) in [6.07, 6.45) is 7.12. The van der Waals surface area contributed by atoms with Crippen molar-refractivity contribution in [3.63, 3.8) is 0 Å². The largest absolute Gasteiger partial charge is 0.492 e. The molecule has 24 heavy (non-hydrogen) atoms. The maximum Gasteiger partial charge on any atom is 0.181 e. The van der Waals surface area contributed by atoms with E-state index in [0.29, 0.717) is 23.5 Å². The molecule has 3 heterocycles. The second kappa shape index (κ2) is 7.99. The Morgan fingerprint density at radius 3 is 2.88 bits per heavy atom. The lowest BCUT2D eigenvalue weighted by Crippen LogP contribution is -2.35. The summed E-state index contributed by atoms with van der Waals surface area (Å²) in [6.45, 7) is 7.97. The summed E-state index contributed by atoms with van der Waals surface area (Å²) in [5.41, 5.74) is 1.07. The summed E-state index contributed by atoms with van der Waals surface area (Å²) in [6, 6.07) is 1.81. The summed E-state index contributed by atoms with van der Waals surface area (Å²) in [4.78, 5) is 10.8. The minimum atomic E-state index is 0.374. The van der Waals surface area contributed by atoms with E-state index in [4.69, 9.17) is 20.8 Å². The van der Waals surface area contributed by atoms with Crippen LogP contribution in [0.2, 0.25) is 5.02 Å². The van der Waals surface area contributed by atoms with Crippen LogP contribution in [0, 0.1) is 5.92 Å². The van der Waals surface area contributed by atoms with Gasteiger partial charge in [-0.3, -0.25) is 9.88 Å². The minimum absolute atomic E-state index is 0.374. The van der Waals surface area contributed by atoms with E-state index >= 15 is 0 Å². The monoisotopic (exact) mass is 349 g/mol. The maximum absolute atomic E-state index is 6.07. The van der Waals surface area contributed by atoms with Crippen LogP contribution < -0.4 is 4.74 Å². The van der Waals surface area contributed by atoms with Crippen LogP contribution >= 0.6 is 11.6 Å². The van der Waals surface area contributed by atoms with Gasteiger partial charge < -0.3 is 9.15 Å². The van der Waals surface area contributed by atoms with Crippen LogP contribution in [0.4, 0.5) is 0 Å². The zero-order valence-corrected chi connectivity index (χ0v) is 15.0. The van der Waals surface area contributed by atoms with E-state index in [0.717, 1.165) is 49.7 Å². The molecule has 5 nitrogen and oxygen atoms in total. The SMILES string of the molecule is CC(C)c1ocnc1CN1CCC(COc2ccncc2Cl)CC1. The summed E-state index contributed by atoms with van der Waals surface area (Å²) >= 11 is 6.07. The topological polar surface area (TPSA) is 51.4 Å². The Hall–Kier alpha value is -1.59. The first kappa shape index (κ1) is 17.2. The van der Waals surface area contributed by atoms with Gasteiger partial charge in [-0.2, -0.15) is 0 Å². The third-order valence-corrected chi connectivity index (χ3v) is 4.77. The summed E-state index contributed by atoms with van der Waals surface area (Å²) in [5, 5.41) is 0.571. The fraction of sp³-hybridized carbons (Fsp3) is 0.556. The van der Waals surface area contributed by atoms with Gasteiger partial charge in [0, 0.05) is 30.9 Å². The molecule has 0 unspecified atom stereocenters. The molecule has 2 aromatic heterocycles. The van der Waals surface area contributed by atoms with Crippen molar-refractivity contribution in [3.8, 4) is 5.75 Å². The molecular formula is C18H24ClN3O2. The molecule has 6 heteroatoms. The molecule has 1 aliphatic rings. The predicted octanol–water partition coefficient (Wildman–Crippen LogP) is 4.14. The van der Waals surface area contributed by atoms with Gasteiger partial charge in [-0.05, 0) is 31.8 Å². The van der Waals surface area contributed by atoms with Crippen molar-refractivity contribution in [1.82, 2.24) is 14.9 Å². The number of piperidine rings is 1. The number of pyridine rings is 1. The molecule has 0 saturated carbocycles. The van der Waals surface area contributed by atoms with Crippen LogP contribution in [0.1, 0.15) is 44.1 Å². The number of aromatic nitrogens is 2. The number of hydrogen-bond acceptors (Lipinski definition) is 5. The Morgan fingerprint density at radius 1 is 1.38 bits per heavy atom. The number of halogens is 1. The number of hydrogen-bond donors (Lipinski definition) is 0. The lowest BCUT2D eigenvalue weighted by molar-refractivity contribution is 0.135. The first-order valence-corrected chi connectivity index (χ1v) is 8.88. The van der Waals surface area contributed by atoms with E-state index in [1.165, 1.54) is 0 Å². The maximum atomic E-state index is 6.07. The minimum Gasteiger partial charge on any atom is -0.492 e. The highest BCUT2D eigenvalue weighted by Gasteiger charge is 2.22. The third-order valence-electron chi connectivity index (χ3n) is 4.49. The molecule has 0 amide bonds. The molecule has 130 valence electrons. The molecule has 0 atom stereocenters. The summed E-state index contributed by atoms with van der Waals surface area (Å²) in [7, 11) is 0. The molecule has 1 fully saturated rings. The van der Waals surface area contributed by atoms with Crippen molar-refractivity contribution in [2.45, 2.75) is 39.2 Å². The van der Waals surface area contributed by atoms with Gasteiger partial charge in [-0.15, -0.1) is 0 Å². The Labute approximate surface area is 148 Å². The molecule has 0 aromatic carbocycles. The zero-order chi connectivity index (χ0) is 16.9. The molecule has 0 spiro atoms. The molecule has 3 rings (SSSR count). The highest BCUT2D eigenvalue weighted by Crippen LogP contribution is 2.26. The highest BCUT2D eigenvalue weighted by atomic mass is 35.5. The van der Waals surface area contributed by atoms with Crippen molar-refractivity contribution in [2.24, 2.45) is 5.92 Å². The van der Waals surface area contributed by atoms with E-state index in [2.05, 4.69) is 28.7 Å². The van der Waals surface area contributed by atoms with Gasteiger partial charge >= 0.3 is 0 Å². The number of nitrogens with zero attached hydrogens (tertiary/aromatic N) is 3. The molecule has 0 bridgehead atoms. The van der Waals surface area contributed by atoms with Crippen molar-refractivity contribution >= 4 is 11.6 Å². The lowest BCUT2D eigenvalue weighted by atomic mass is 9.97. The smallest absolute Gasteiger partial charge is 0.181 e. The van der Waals surface area contributed by atoms with Gasteiger partial charge in [0.1, 0.15) is 16.5 Å². The Kier molecular flexibility index (Phi) is 5.74. The van der Waals surface area contributed by atoms with E-state index < -0.39 is 0 Å². The van der Waals surface area contributed by atoms with Crippen LogP contribution in [0.25, 0.3) is 0 Å². The Morgan fingerprint density at radius 2 is 2.17 bits per heavy atom. The van der Waals surface area contributed by atoms with Crippen molar-refractivity contribution in [2.75, 3.05) is 19.7 Å². The van der Waals surface area contributed by atoms with Crippen molar-refractivity contribution in [3.05, 3.63) is 41.3 Å². The number of likely N-dealkylation sites (tertiary alicyclic amines) is 1. The molecule has 0 aliphatic carbocycles. The van der Waals surface area contributed by atoms with Crippen LogP contribution in [0.5, 0.6) is 5.75 Å². The van der Waals surface area contributed by atoms with Crippen LogP contribution in [0.3, 0.4) is 0 Å². The quantitative estimate of drug-likeness (QED) is 0.784. The van der Waals surface area contributed by atoms with Crippen LogP contribution in [-0.4, -0.2) is 34.6 Å². The molecular weight excluding hydrogens is 326 g/mol. The van der Waals surface area contributed by atoms with Crippen molar-refractivity contribution < 1.29 is 9.15 Å². The molecule has 1 saturated heterocycles. The van der Waals surface area contributed by atoms with Crippen LogP contribution in [-0.2, 0) is 6.54 Å². The highest BCUT2D eigenvalue weighted by molar-refractivity contribution is 6.31. The summed E-state index contributed by atoms with van der Waals surface area (Å²) < 4.78 is 11.4. The van der Waals surface area contributed by atoms with Gasteiger partial charge in [0.2, 0.25) is 0 Å². The second-order valence-electron chi connectivity index (χ2n) is 6.65. The van der Waals surface area contributed by atoms with Gasteiger partial charge in [-0.25, -0.2) is 4.98 Å².